The number of hydrogen-bond acceptors (Lipinski definition) is 9. The van der Waals surface area contributed by atoms with Crippen LogP contribution in [0.15, 0.2) is 0 Å². The molecule has 0 heterocycles. The van der Waals surface area contributed by atoms with E-state index in [0.717, 1.165) is 25.3 Å². The summed E-state index contributed by atoms with van der Waals surface area (Å²) in [5.74, 6) is 0.743. The van der Waals surface area contributed by atoms with Crippen molar-refractivity contribution in [1.29, 1.82) is 0 Å². The molecular formula is C26H52ClNO9. The molecule has 0 aliphatic heterocycles. The Hall–Kier alpha value is -0.720. The van der Waals surface area contributed by atoms with Gasteiger partial charge in [-0.1, -0.05) is 12.8 Å². The van der Waals surface area contributed by atoms with E-state index in [1.165, 1.54) is 17.7 Å². The number of carbonyl (C=O) groups excluding carboxylic acids is 1. The van der Waals surface area contributed by atoms with Gasteiger partial charge in [-0.05, 0) is 33.6 Å². The highest BCUT2D eigenvalue weighted by atomic mass is 35.5. The molecule has 0 N–H and O–H groups in total. The molecule has 0 rings (SSSR count). The number of hydrogen-bond donors (Lipinski definition) is 0. The standard InChI is InChI=1S/C26H52ClNO9/c1-26(2,3)37-25(29)28(4)10-12-31-14-16-33-18-20-35-22-24-36-23-21-34-19-17-32-15-13-30-11-8-6-5-7-9-27/h5-24H2,1-4H3. The van der Waals surface area contributed by atoms with Gasteiger partial charge in [0.25, 0.3) is 0 Å². The number of carbonyl (C=O) groups is 1. The first-order chi connectivity index (χ1) is 17.9. The number of likely N-dealkylation sites (N-methyl/N-ethyl adjacent to an activating group) is 1. The molecule has 0 aliphatic rings. The third kappa shape index (κ3) is 29.7. The Balaban J connectivity index is 3.17. The highest BCUT2D eigenvalue weighted by molar-refractivity contribution is 6.17. The molecule has 0 saturated carbocycles. The number of nitrogens with zero attached hydrogens (tertiary/aromatic N) is 1. The zero-order chi connectivity index (χ0) is 27.5. The summed E-state index contributed by atoms with van der Waals surface area (Å²) in [5.41, 5.74) is -0.501. The molecule has 11 heteroatoms. The maximum absolute atomic E-state index is 11.8. The first-order valence-corrected chi connectivity index (χ1v) is 13.9. The maximum Gasteiger partial charge on any atom is 0.410 e. The van der Waals surface area contributed by atoms with Crippen molar-refractivity contribution in [2.75, 3.05) is 112 Å². The first kappa shape index (κ1) is 36.3. The van der Waals surface area contributed by atoms with Crippen molar-refractivity contribution in [3.8, 4) is 0 Å². The van der Waals surface area contributed by atoms with E-state index in [-0.39, 0.29) is 6.09 Å². The van der Waals surface area contributed by atoms with Crippen LogP contribution in [0.4, 0.5) is 4.79 Å². The lowest BCUT2D eigenvalue weighted by Crippen LogP contribution is -2.36. The van der Waals surface area contributed by atoms with Gasteiger partial charge in [-0.15, -0.1) is 11.6 Å². The van der Waals surface area contributed by atoms with E-state index in [9.17, 15) is 4.79 Å². The van der Waals surface area contributed by atoms with Crippen LogP contribution in [0.3, 0.4) is 0 Å². The smallest absolute Gasteiger partial charge is 0.410 e. The van der Waals surface area contributed by atoms with Crippen molar-refractivity contribution >= 4 is 17.7 Å². The topological polar surface area (TPSA) is 94.2 Å². The van der Waals surface area contributed by atoms with Crippen molar-refractivity contribution in [1.82, 2.24) is 4.90 Å². The van der Waals surface area contributed by atoms with E-state index in [2.05, 4.69) is 0 Å². The average molecular weight is 558 g/mol. The molecule has 0 aromatic heterocycles. The van der Waals surface area contributed by atoms with Gasteiger partial charge in [0.05, 0.1) is 85.9 Å². The maximum atomic E-state index is 11.8. The normalized spacial score (nSPS) is 11.7. The second-order valence-corrected chi connectivity index (χ2v) is 9.67. The highest BCUT2D eigenvalue weighted by Crippen LogP contribution is 2.08. The van der Waals surface area contributed by atoms with E-state index < -0.39 is 5.60 Å². The van der Waals surface area contributed by atoms with Gasteiger partial charge in [-0.3, -0.25) is 0 Å². The third-order valence-electron chi connectivity index (χ3n) is 4.68. The molecule has 0 atom stereocenters. The van der Waals surface area contributed by atoms with E-state index in [1.54, 1.807) is 7.05 Å². The third-order valence-corrected chi connectivity index (χ3v) is 4.95. The molecule has 0 aromatic carbocycles. The Morgan fingerprint density at radius 3 is 1.30 bits per heavy atom. The molecule has 0 bridgehead atoms. The number of halogens is 1. The van der Waals surface area contributed by atoms with Crippen molar-refractivity contribution in [2.24, 2.45) is 0 Å². The lowest BCUT2D eigenvalue weighted by Gasteiger charge is -2.24. The van der Waals surface area contributed by atoms with Crippen molar-refractivity contribution in [3.05, 3.63) is 0 Å². The zero-order valence-corrected chi connectivity index (χ0v) is 24.4. The van der Waals surface area contributed by atoms with Crippen LogP contribution in [0.25, 0.3) is 0 Å². The van der Waals surface area contributed by atoms with Crippen LogP contribution in [0.5, 0.6) is 0 Å². The van der Waals surface area contributed by atoms with Gasteiger partial charge in [0.2, 0.25) is 0 Å². The summed E-state index contributed by atoms with van der Waals surface area (Å²) in [6.07, 6.45) is 4.14. The van der Waals surface area contributed by atoms with E-state index in [1.807, 2.05) is 20.8 Å². The summed E-state index contributed by atoms with van der Waals surface area (Å²) in [6, 6.07) is 0. The van der Waals surface area contributed by atoms with Crippen LogP contribution in [-0.2, 0) is 37.9 Å². The SMILES string of the molecule is CN(CCOCCOCCOCCOCCOCCOCCOCCCCCCCl)C(=O)OC(C)(C)C. The van der Waals surface area contributed by atoms with Crippen LogP contribution < -0.4 is 0 Å². The largest absolute Gasteiger partial charge is 0.444 e. The Labute approximate surface area is 229 Å². The van der Waals surface area contributed by atoms with Crippen LogP contribution >= 0.6 is 11.6 Å². The lowest BCUT2D eigenvalue weighted by atomic mass is 10.2. The Kier molecular flexibility index (Phi) is 26.3. The predicted molar refractivity (Wildman–Crippen MR) is 144 cm³/mol. The van der Waals surface area contributed by atoms with Gasteiger partial charge >= 0.3 is 6.09 Å². The fraction of sp³-hybridized carbons (Fsp3) is 0.962. The molecule has 222 valence electrons. The van der Waals surface area contributed by atoms with Crippen LogP contribution in [-0.4, -0.2) is 129 Å². The fourth-order valence-electron chi connectivity index (χ4n) is 2.71. The van der Waals surface area contributed by atoms with Crippen molar-refractivity contribution in [3.63, 3.8) is 0 Å². The van der Waals surface area contributed by atoms with Gasteiger partial charge in [0.1, 0.15) is 5.60 Å². The van der Waals surface area contributed by atoms with Gasteiger partial charge in [0.15, 0.2) is 0 Å². The monoisotopic (exact) mass is 557 g/mol. The van der Waals surface area contributed by atoms with Gasteiger partial charge in [-0.2, -0.15) is 0 Å². The van der Waals surface area contributed by atoms with Crippen molar-refractivity contribution in [2.45, 2.75) is 52.1 Å². The minimum atomic E-state index is -0.501. The number of alkyl halides is 1. The van der Waals surface area contributed by atoms with Gasteiger partial charge in [-0.25, -0.2) is 4.79 Å². The number of ether oxygens (including phenoxy) is 8. The van der Waals surface area contributed by atoms with Crippen LogP contribution in [0.1, 0.15) is 46.5 Å². The summed E-state index contributed by atoms with van der Waals surface area (Å²) < 4.78 is 43.5. The number of unbranched alkanes of at least 4 members (excludes halogenated alkanes) is 3. The zero-order valence-electron chi connectivity index (χ0n) is 23.6. The summed E-state index contributed by atoms with van der Waals surface area (Å²) >= 11 is 5.64. The van der Waals surface area contributed by atoms with Gasteiger partial charge in [0, 0.05) is 26.1 Å². The first-order valence-electron chi connectivity index (χ1n) is 13.4. The molecule has 37 heavy (non-hydrogen) atoms. The lowest BCUT2D eigenvalue weighted by molar-refractivity contribution is -0.0213. The number of rotatable bonds is 27. The molecule has 0 aromatic rings. The number of amides is 1. The predicted octanol–water partition coefficient (Wildman–Crippen LogP) is 3.77. The van der Waals surface area contributed by atoms with E-state index in [4.69, 9.17) is 49.5 Å². The summed E-state index contributed by atoms with van der Waals surface area (Å²) in [6.45, 7) is 13.5. The molecule has 0 fully saturated rings. The van der Waals surface area contributed by atoms with Crippen molar-refractivity contribution < 1.29 is 42.7 Å². The molecule has 0 spiro atoms. The molecule has 0 aliphatic carbocycles. The van der Waals surface area contributed by atoms with E-state index in [0.29, 0.717) is 92.4 Å². The molecular weight excluding hydrogens is 506 g/mol. The molecule has 0 saturated heterocycles. The Morgan fingerprint density at radius 2 is 0.919 bits per heavy atom. The van der Waals surface area contributed by atoms with Crippen LogP contribution in [0.2, 0.25) is 0 Å². The quantitative estimate of drug-likeness (QED) is 0.110. The summed E-state index contributed by atoms with van der Waals surface area (Å²) in [7, 11) is 1.69. The van der Waals surface area contributed by atoms with Crippen LogP contribution in [0, 0.1) is 0 Å². The molecule has 1 amide bonds. The second-order valence-electron chi connectivity index (χ2n) is 9.29. The average Bonchev–Trinajstić information content (AvgIpc) is 2.85. The fourth-order valence-corrected chi connectivity index (χ4v) is 2.90. The highest BCUT2D eigenvalue weighted by Gasteiger charge is 2.19. The molecule has 0 unspecified atom stereocenters. The minimum Gasteiger partial charge on any atom is -0.444 e. The second kappa shape index (κ2) is 26.9. The summed E-state index contributed by atoms with van der Waals surface area (Å²) in [5, 5.41) is 0. The van der Waals surface area contributed by atoms with E-state index >= 15 is 0 Å². The Bertz CT molecular complexity index is 495. The summed E-state index contributed by atoms with van der Waals surface area (Å²) in [4.78, 5) is 13.3. The molecule has 0 radical (unpaired) electrons. The van der Waals surface area contributed by atoms with Gasteiger partial charge < -0.3 is 42.8 Å². The Morgan fingerprint density at radius 1 is 0.568 bits per heavy atom. The minimum absolute atomic E-state index is 0.358. The molecule has 10 nitrogen and oxygen atoms in total.